The molecule has 0 spiro atoms. The van der Waals surface area contributed by atoms with Crippen LogP contribution in [0.2, 0.25) is 0 Å². The standard InChI is InChI=1S/C28H37F3N2O5S/c1-26(2,3)37-24(34)23(33-25(35)38-27(4,5)6)15-17-39(32,36)16-14-20-12-13-21(18-22(20)28(29,30)31)19-10-8-7-9-11-19/h7-13,18,23,32H,14-17H2,1-6H3,(H,33,35)/t23-,39?/m0/s1. The number of hydrogen-bond acceptors (Lipinski definition) is 6. The van der Waals surface area contributed by atoms with Crippen LogP contribution in [-0.2, 0) is 36.6 Å². The molecule has 0 radical (unpaired) electrons. The Morgan fingerprint density at radius 3 is 2.03 bits per heavy atom. The molecule has 0 saturated carbocycles. The summed E-state index contributed by atoms with van der Waals surface area (Å²) < 4.78 is 73.4. The highest BCUT2D eigenvalue weighted by Crippen LogP contribution is 2.35. The molecule has 2 aromatic rings. The molecule has 0 aromatic heterocycles. The quantitative estimate of drug-likeness (QED) is 0.331. The molecule has 2 rings (SSSR count). The van der Waals surface area contributed by atoms with E-state index in [0.717, 1.165) is 6.07 Å². The van der Waals surface area contributed by atoms with Crippen LogP contribution in [0.15, 0.2) is 48.5 Å². The van der Waals surface area contributed by atoms with E-state index < -0.39 is 50.8 Å². The van der Waals surface area contributed by atoms with Gasteiger partial charge in [0.05, 0.1) is 5.56 Å². The molecule has 1 unspecified atom stereocenters. The van der Waals surface area contributed by atoms with E-state index in [1.54, 1.807) is 77.9 Å². The molecule has 0 aliphatic carbocycles. The fourth-order valence-electron chi connectivity index (χ4n) is 3.63. The summed E-state index contributed by atoms with van der Waals surface area (Å²) >= 11 is 0. The summed E-state index contributed by atoms with van der Waals surface area (Å²) in [6.07, 6.45) is -5.98. The van der Waals surface area contributed by atoms with Crippen molar-refractivity contribution in [3.05, 3.63) is 59.7 Å². The molecular weight excluding hydrogens is 533 g/mol. The summed E-state index contributed by atoms with van der Waals surface area (Å²) in [6, 6.07) is 11.4. The first-order chi connectivity index (χ1) is 17.8. The highest BCUT2D eigenvalue weighted by atomic mass is 32.2. The van der Waals surface area contributed by atoms with E-state index in [2.05, 4.69) is 5.32 Å². The Hall–Kier alpha value is -3.08. The summed E-state index contributed by atoms with van der Waals surface area (Å²) in [7, 11) is -3.41. The van der Waals surface area contributed by atoms with Gasteiger partial charge in [-0.15, -0.1) is 0 Å². The van der Waals surface area contributed by atoms with Crippen molar-refractivity contribution in [1.29, 1.82) is 4.78 Å². The molecule has 0 saturated heterocycles. The van der Waals surface area contributed by atoms with Gasteiger partial charge in [0.25, 0.3) is 0 Å². The van der Waals surface area contributed by atoms with Gasteiger partial charge in [-0.1, -0.05) is 42.5 Å². The van der Waals surface area contributed by atoms with E-state index in [9.17, 15) is 27.0 Å². The van der Waals surface area contributed by atoms with Crippen molar-refractivity contribution in [3.8, 4) is 11.1 Å². The average molecular weight is 571 g/mol. The lowest BCUT2D eigenvalue weighted by atomic mass is 9.97. The third-order valence-corrected chi connectivity index (χ3v) is 7.10. The lowest BCUT2D eigenvalue weighted by molar-refractivity contribution is -0.157. The zero-order chi connectivity index (χ0) is 29.6. The van der Waals surface area contributed by atoms with Crippen molar-refractivity contribution in [2.75, 3.05) is 11.5 Å². The number of alkyl halides is 3. The third kappa shape index (κ3) is 11.3. The Balaban J connectivity index is 2.17. The highest BCUT2D eigenvalue weighted by molar-refractivity contribution is 7.92. The second-order valence-electron chi connectivity index (χ2n) is 11.2. The molecule has 0 bridgehead atoms. The third-order valence-electron chi connectivity index (χ3n) is 5.34. The zero-order valence-corrected chi connectivity index (χ0v) is 23.9. The van der Waals surface area contributed by atoms with Crippen molar-refractivity contribution in [1.82, 2.24) is 5.32 Å². The van der Waals surface area contributed by atoms with Crippen LogP contribution in [0.4, 0.5) is 18.0 Å². The summed E-state index contributed by atoms with van der Waals surface area (Å²) in [4.78, 5) is 25.0. The van der Waals surface area contributed by atoms with Crippen LogP contribution < -0.4 is 5.32 Å². The Morgan fingerprint density at radius 2 is 1.49 bits per heavy atom. The zero-order valence-electron chi connectivity index (χ0n) is 23.1. The van der Waals surface area contributed by atoms with E-state index in [1.807, 2.05) is 0 Å². The molecule has 0 aliphatic rings. The van der Waals surface area contributed by atoms with Crippen LogP contribution in [0.25, 0.3) is 11.1 Å². The van der Waals surface area contributed by atoms with Gasteiger partial charge in [0.15, 0.2) is 0 Å². The lowest BCUT2D eigenvalue weighted by Gasteiger charge is -2.26. The van der Waals surface area contributed by atoms with Gasteiger partial charge in [0.2, 0.25) is 0 Å². The predicted molar refractivity (Wildman–Crippen MR) is 145 cm³/mol. The van der Waals surface area contributed by atoms with Gasteiger partial charge >= 0.3 is 18.2 Å². The number of nitrogens with one attached hydrogen (secondary N) is 2. The van der Waals surface area contributed by atoms with E-state index in [1.165, 1.54) is 6.07 Å². The van der Waals surface area contributed by atoms with Crippen LogP contribution in [0, 0.1) is 4.78 Å². The Bertz CT molecular complexity index is 1250. The largest absolute Gasteiger partial charge is 0.458 e. The number of rotatable bonds is 9. The second-order valence-corrected chi connectivity index (χ2v) is 13.7. The number of benzene rings is 2. The van der Waals surface area contributed by atoms with Crippen molar-refractivity contribution >= 4 is 21.8 Å². The minimum Gasteiger partial charge on any atom is -0.458 e. The molecular formula is C28H37F3N2O5S. The van der Waals surface area contributed by atoms with Crippen LogP contribution in [0.3, 0.4) is 0 Å². The van der Waals surface area contributed by atoms with Gasteiger partial charge < -0.3 is 14.8 Å². The highest BCUT2D eigenvalue weighted by Gasteiger charge is 2.34. The van der Waals surface area contributed by atoms with Gasteiger partial charge in [-0.25, -0.2) is 13.8 Å². The van der Waals surface area contributed by atoms with Gasteiger partial charge in [-0.3, -0.25) is 4.78 Å². The van der Waals surface area contributed by atoms with Crippen molar-refractivity contribution in [2.45, 2.75) is 77.8 Å². The molecule has 0 aliphatic heterocycles. The van der Waals surface area contributed by atoms with Crippen molar-refractivity contribution in [3.63, 3.8) is 0 Å². The van der Waals surface area contributed by atoms with Crippen molar-refractivity contribution < 1.29 is 36.4 Å². The average Bonchev–Trinajstić information content (AvgIpc) is 2.78. The maximum atomic E-state index is 13.9. The van der Waals surface area contributed by atoms with Gasteiger partial charge in [-0.05, 0) is 77.1 Å². The molecule has 216 valence electrons. The summed E-state index contributed by atoms with van der Waals surface area (Å²) in [5.74, 6) is -1.48. The number of amides is 1. The molecule has 1 amide bonds. The van der Waals surface area contributed by atoms with Gasteiger partial charge in [0.1, 0.15) is 17.2 Å². The smallest absolute Gasteiger partial charge is 0.416 e. The molecule has 7 nitrogen and oxygen atoms in total. The molecule has 0 fully saturated rings. The van der Waals surface area contributed by atoms with Crippen LogP contribution in [-0.4, -0.2) is 45.0 Å². The fourth-order valence-corrected chi connectivity index (χ4v) is 5.00. The Labute approximate surface area is 228 Å². The maximum absolute atomic E-state index is 13.9. The number of alkyl carbamates (subject to hydrolysis) is 1. The summed E-state index contributed by atoms with van der Waals surface area (Å²) in [5, 5.41) is 2.40. The van der Waals surface area contributed by atoms with E-state index >= 15 is 0 Å². The normalized spacial score (nSPS) is 14.7. The minimum atomic E-state index is -4.64. The van der Waals surface area contributed by atoms with E-state index in [-0.39, 0.29) is 29.9 Å². The lowest BCUT2D eigenvalue weighted by Crippen LogP contribution is -2.46. The monoisotopic (exact) mass is 570 g/mol. The summed E-state index contributed by atoms with van der Waals surface area (Å²) in [6.45, 7) is 9.87. The minimum absolute atomic E-state index is 0.0715. The number of esters is 1. The predicted octanol–water partition coefficient (Wildman–Crippen LogP) is 6.59. The first kappa shape index (κ1) is 32.1. The Kier molecular flexibility index (Phi) is 10.2. The topological polar surface area (TPSA) is 106 Å². The number of carbonyl (C=O) groups is 2. The second kappa shape index (κ2) is 12.4. The molecule has 2 aromatic carbocycles. The fraction of sp³-hybridized carbons (Fsp3) is 0.500. The number of halogens is 3. The van der Waals surface area contributed by atoms with Crippen LogP contribution in [0.5, 0.6) is 0 Å². The SMILES string of the molecule is CC(C)(C)OC(=O)N[C@@H](CCS(=N)(=O)CCc1ccc(-c2ccccc2)cc1C(F)(F)F)C(=O)OC(C)(C)C. The first-order valence-electron chi connectivity index (χ1n) is 12.5. The van der Waals surface area contributed by atoms with Crippen LogP contribution >= 0.6 is 0 Å². The first-order valence-corrected chi connectivity index (χ1v) is 14.4. The molecule has 2 N–H and O–H groups in total. The number of aryl methyl sites for hydroxylation is 1. The van der Waals surface area contributed by atoms with E-state index in [4.69, 9.17) is 14.3 Å². The maximum Gasteiger partial charge on any atom is 0.416 e. The number of ether oxygens (including phenoxy) is 2. The van der Waals surface area contributed by atoms with Gasteiger partial charge in [0, 0.05) is 21.2 Å². The van der Waals surface area contributed by atoms with Crippen molar-refractivity contribution in [2.24, 2.45) is 0 Å². The number of hydrogen-bond donors (Lipinski definition) is 2. The Morgan fingerprint density at radius 1 is 0.897 bits per heavy atom. The molecule has 11 heteroatoms. The van der Waals surface area contributed by atoms with Crippen LogP contribution in [0.1, 0.15) is 59.1 Å². The molecule has 2 atom stereocenters. The summed E-state index contributed by atoms with van der Waals surface area (Å²) in [5.41, 5.74) is -1.60. The van der Waals surface area contributed by atoms with E-state index in [0.29, 0.717) is 11.1 Å². The molecule has 39 heavy (non-hydrogen) atoms. The van der Waals surface area contributed by atoms with Gasteiger partial charge in [-0.2, -0.15) is 13.2 Å². The molecule has 0 heterocycles. The number of carbonyl (C=O) groups excluding carboxylic acids is 2.